The second-order valence-corrected chi connectivity index (χ2v) is 6.09. The van der Waals surface area contributed by atoms with E-state index in [0.717, 1.165) is 33.2 Å². The van der Waals surface area contributed by atoms with E-state index in [1.807, 2.05) is 0 Å². The maximum atomic E-state index is 10.3. The molecular weight excluding hydrogens is 355 g/mol. The van der Waals surface area contributed by atoms with Crippen LogP contribution in [-0.4, -0.2) is 33.9 Å². The van der Waals surface area contributed by atoms with Crippen LogP contribution in [0.15, 0.2) is 0 Å². The van der Waals surface area contributed by atoms with E-state index in [9.17, 15) is 4.79 Å². The third-order valence-electron chi connectivity index (χ3n) is 3.99. The monoisotopic (exact) mass is 396 g/mol. The summed E-state index contributed by atoms with van der Waals surface area (Å²) in [4.78, 5) is 10.3. The number of aliphatic carboxylic acids is 1. The standard InChI is InChI=1S/C18H36O2.Al.H2O.O.Ti.3H/c1-2-3-4-5-6-7-8-9-10-11-12-13-14-15-16-17-18(19)20;;;;;;;/h2-17H2,1H3,(H,19,20);;1H2;;;;;. The molecule has 144 valence electrons. The van der Waals surface area contributed by atoms with Crippen molar-refractivity contribution in [3.05, 3.63) is 0 Å². The van der Waals surface area contributed by atoms with Gasteiger partial charge in [0.25, 0.3) is 0 Å². The summed E-state index contributed by atoms with van der Waals surface area (Å²) in [6.07, 6.45) is 20.2. The molecule has 0 saturated carbocycles. The van der Waals surface area contributed by atoms with Gasteiger partial charge in [-0.25, -0.2) is 0 Å². The molecule has 0 fully saturated rings. The molecular formula is C18H41AlO4Ti. The van der Waals surface area contributed by atoms with E-state index in [-0.39, 0.29) is 22.8 Å². The van der Waals surface area contributed by atoms with E-state index in [2.05, 4.69) is 6.92 Å². The second kappa shape index (κ2) is 31.3. The van der Waals surface area contributed by atoms with Crippen molar-refractivity contribution in [2.45, 2.75) is 110 Å². The molecule has 0 unspecified atom stereocenters. The van der Waals surface area contributed by atoms with Crippen LogP contribution in [0, 0.1) is 0 Å². The molecule has 0 heterocycles. The van der Waals surface area contributed by atoms with Gasteiger partial charge in [-0.15, -0.1) is 0 Å². The summed E-state index contributed by atoms with van der Waals surface area (Å²) in [5, 5.41) is 8.52. The van der Waals surface area contributed by atoms with Crippen LogP contribution in [0.3, 0.4) is 0 Å². The number of rotatable bonds is 16. The predicted molar refractivity (Wildman–Crippen MR) is 101 cm³/mol. The van der Waals surface area contributed by atoms with Crippen LogP contribution in [-0.2, 0) is 28.5 Å². The normalized spacial score (nSPS) is 9.17. The van der Waals surface area contributed by atoms with Crippen molar-refractivity contribution in [3.63, 3.8) is 0 Å². The van der Waals surface area contributed by atoms with Crippen LogP contribution in [0.2, 0.25) is 0 Å². The number of hydrogen-bond donors (Lipinski definition) is 1. The third-order valence-corrected chi connectivity index (χ3v) is 3.99. The van der Waals surface area contributed by atoms with Gasteiger partial charge in [-0.1, -0.05) is 96.8 Å². The van der Waals surface area contributed by atoms with Gasteiger partial charge in [0.2, 0.25) is 0 Å². The number of carbonyl (C=O) groups is 1. The van der Waals surface area contributed by atoms with Crippen LogP contribution in [0.1, 0.15) is 110 Å². The third kappa shape index (κ3) is 33.9. The summed E-state index contributed by atoms with van der Waals surface area (Å²) in [6, 6.07) is 0. The average Bonchev–Trinajstić information content (AvgIpc) is 2.53. The van der Waals surface area contributed by atoms with Crippen molar-refractivity contribution in [1.82, 2.24) is 0 Å². The summed E-state index contributed by atoms with van der Waals surface area (Å²) in [5.74, 6) is -0.653. The Hall–Kier alpha value is 0.477. The summed E-state index contributed by atoms with van der Waals surface area (Å²) in [7, 11) is 0. The molecule has 0 rings (SSSR count). The fourth-order valence-electron chi connectivity index (χ4n) is 2.65. The van der Waals surface area contributed by atoms with Gasteiger partial charge in [0.1, 0.15) is 0 Å². The summed E-state index contributed by atoms with van der Waals surface area (Å²) >= 11 is 0.750. The zero-order valence-electron chi connectivity index (χ0n) is 15.1. The molecule has 0 aliphatic heterocycles. The van der Waals surface area contributed by atoms with Gasteiger partial charge in [0, 0.05) is 6.42 Å². The number of carboxylic acid groups (broad SMARTS) is 1. The summed E-state index contributed by atoms with van der Waals surface area (Å²) in [5.41, 5.74) is 0. The van der Waals surface area contributed by atoms with E-state index < -0.39 is 5.97 Å². The van der Waals surface area contributed by atoms with E-state index in [0.29, 0.717) is 6.42 Å². The molecule has 24 heavy (non-hydrogen) atoms. The number of hydrogen-bond acceptors (Lipinski definition) is 2. The van der Waals surface area contributed by atoms with Crippen molar-refractivity contribution in [3.8, 4) is 0 Å². The topological polar surface area (TPSA) is 85.9 Å². The van der Waals surface area contributed by atoms with E-state index in [4.69, 9.17) is 8.43 Å². The molecule has 3 N–H and O–H groups in total. The van der Waals surface area contributed by atoms with E-state index in [1.54, 1.807) is 0 Å². The molecule has 0 aromatic carbocycles. The van der Waals surface area contributed by atoms with Crippen molar-refractivity contribution >= 4 is 23.3 Å². The Bertz CT molecular complexity index is 231. The first kappa shape index (κ1) is 32.2. The zero-order chi connectivity index (χ0) is 16.9. The van der Waals surface area contributed by atoms with Crippen molar-refractivity contribution in [2.75, 3.05) is 0 Å². The van der Waals surface area contributed by atoms with Gasteiger partial charge in [0.15, 0.2) is 17.4 Å². The van der Waals surface area contributed by atoms with Crippen molar-refractivity contribution in [1.29, 1.82) is 0 Å². The summed E-state index contributed by atoms with van der Waals surface area (Å²) < 4.78 is 8.25. The molecule has 0 bridgehead atoms. The molecule has 0 aliphatic carbocycles. The Morgan fingerprint density at radius 1 is 0.667 bits per heavy atom. The first-order valence-corrected chi connectivity index (χ1v) is 9.83. The Kier molecular flexibility index (Phi) is 41.9. The fraction of sp³-hybridized carbons (Fsp3) is 0.944. The molecule has 0 amide bonds. The van der Waals surface area contributed by atoms with Crippen LogP contribution in [0.25, 0.3) is 0 Å². The Labute approximate surface area is 171 Å². The minimum atomic E-state index is -0.653. The van der Waals surface area contributed by atoms with Crippen LogP contribution in [0.4, 0.5) is 0 Å². The predicted octanol–water partition coefficient (Wildman–Crippen LogP) is 4.20. The van der Waals surface area contributed by atoms with E-state index in [1.165, 1.54) is 83.5 Å². The molecule has 0 atom stereocenters. The Morgan fingerprint density at radius 2 is 0.917 bits per heavy atom. The minimum absolute atomic E-state index is 0. The number of carboxylic acids is 1. The SMILES string of the molecule is CCCCCCCCCCCCCCCCCC(=O)O.O.[AlH3].[O]=[Ti]. The van der Waals surface area contributed by atoms with Gasteiger partial charge < -0.3 is 10.6 Å². The van der Waals surface area contributed by atoms with Gasteiger partial charge in [-0.3, -0.25) is 4.79 Å². The zero-order valence-corrected chi connectivity index (χ0v) is 16.6. The van der Waals surface area contributed by atoms with E-state index >= 15 is 0 Å². The quantitative estimate of drug-likeness (QED) is 0.313. The molecule has 0 aromatic heterocycles. The van der Waals surface area contributed by atoms with Crippen LogP contribution < -0.4 is 0 Å². The Morgan fingerprint density at radius 3 is 1.17 bits per heavy atom. The molecule has 0 saturated heterocycles. The molecule has 4 nitrogen and oxygen atoms in total. The first-order chi connectivity index (χ1) is 10.8. The van der Waals surface area contributed by atoms with Crippen molar-refractivity contribution in [2.24, 2.45) is 0 Å². The molecule has 6 heteroatoms. The first-order valence-electron chi connectivity index (χ1n) is 9.19. The maximum absolute atomic E-state index is 10.3. The average molecular weight is 396 g/mol. The molecule has 0 aliphatic rings. The van der Waals surface area contributed by atoms with Gasteiger partial charge in [-0.05, 0) is 6.42 Å². The number of unbranched alkanes of at least 4 members (excludes halogenated alkanes) is 14. The molecule has 0 aromatic rings. The second-order valence-electron chi connectivity index (χ2n) is 6.09. The van der Waals surface area contributed by atoms with Gasteiger partial charge in [0.05, 0.1) is 0 Å². The molecule has 0 radical (unpaired) electrons. The fourth-order valence-corrected chi connectivity index (χ4v) is 2.65. The summed E-state index contributed by atoms with van der Waals surface area (Å²) in [6.45, 7) is 2.27. The van der Waals surface area contributed by atoms with Crippen molar-refractivity contribution < 1.29 is 39.1 Å². The van der Waals surface area contributed by atoms with Crippen LogP contribution >= 0.6 is 0 Å². The van der Waals surface area contributed by atoms with Gasteiger partial charge >= 0.3 is 29.7 Å². The van der Waals surface area contributed by atoms with Gasteiger partial charge in [-0.2, -0.15) is 0 Å². The molecule has 0 spiro atoms. The Balaban J connectivity index is -0.000000480. The van der Waals surface area contributed by atoms with Crippen LogP contribution in [0.5, 0.6) is 0 Å².